The Hall–Kier alpha value is -1.58. The Labute approximate surface area is 90.1 Å². The van der Waals surface area contributed by atoms with E-state index in [9.17, 15) is 4.79 Å². The molecular formula is C11H17N3O. The van der Waals surface area contributed by atoms with Gasteiger partial charge in [0.1, 0.15) is 5.82 Å². The largest absolute Gasteiger partial charge is 0.370 e. The van der Waals surface area contributed by atoms with E-state index in [2.05, 4.69) is 15.6 Å². The number of amides is 1. The summed E-state index contributed by atoms with van der Waals surface area (Å²) in [5, 5.41) is 5.72. The number of hydrogen-bond donors (Lipinski definition) is 2. The maximum Gasteiger partial charge on any atom is 0.251 e. The predicted molar refractivity (Wildman–Crippen MR) is 61.2 cm³/mol. The zero-order valence-electron chi connectivity index (χ0n) is 9.42. The maximum absolute atomic E-state index is 11.5. The molecule has 4 heteroatoms. The Kier molecular flexibility index (Phi) is 4.09. The number of nitrogens with zero attached hydrogens (tertiary/aromatic N) is 1. The molecule has 15 heavy (non-hydrogen) atoms. The van der Waals surface area contributed by atoms with Crippen molar-refractivity contribution in [2.24, 2.45) is 0 Å². The number of carbonyl (C=O) groups is 1. The second kappa shape index (κ2) is 5.34. The Morgan fingerprint density at radius 3 is 2.67 bits per heavy atom. The molecule has 0 radical (unpaired) electrons. The minimum Gasteiger partial charge on any atom is -0.370 e. The van der Waals surface area contributed by atoms with Crippen molar-refractivity contribution < 1.29 is 4.79 Å². The van der Waals surface area contributed by atoms with Crippen LogP contribution in [0.3, 0.4) is 0 Å². The first kappa shape index (κ1) is 11.5. The van der Waals surface area contributed by atoms with Crippen LogP contribution in [0.5, 0.6) is 0 Å². The molecule has 1 amide bonds. The second-order valence-corrected chi connectivity index (χ2v) is 3.20. The summed E-state index contributed by atoms with van der Waals surface area (Å²) in [6.07, 6.45) is 0.823. The third-order valence-corrected chi connectivity index (χ3v) is 2.09. The Morgan fingerprint density at radius 1 is 1.40 bits per heavy atom. The van der Waals surface area contributed by atoms with E-state index in [1.54, 1.807) is 13.1 Å². The molecule has 0 fully saturated rings. The van der Waals surface area contributed by atoms with Gasteiger partial charge in [-0.15, -0.1) is 0 Å². The highest BCUT2D eigenvalue weighted by Crippen LogP contribution is 2.11. The van der Waals surface area contributed by atoms with E-state index in [1.807, 2.05) is 19.9 Å². The van der Waals surface area contributed by atoms with Crippen molar-refractivity contribution in [3.8, 4) is 0 Å². The van der Waals surface area contributed by atoms with Crippen LogP contribution in [0.4, 0.5) is 5.82 Å². The van der Waals surface area contributed by atoms with Crippen molar-refractivity contribution in [2.75, 3.05) is 18.9 Å². The summed E-state index contributed by atoms with van der Waals surface area (Å²) < 4.78 is 0. The van der Waals surface area contributed by atoms with E-state index >= 15 is 0 Å². The van der Waals surface area contributed by atoms with Crippen molar-refractivity contribution in [2.45, 2.75) is 20.3 Å². The van der Waals surface area contributed by atoms with Crippen LogP contribution < -0.4 is 10.6 Å². The molecule has 0 aliphatic heterocycles. The quantitative estimate of drug-likeness (QED) is 0.785. The molecule has 1 aromatic heterocycles. The van der Waals surface area contributed by atoms with E-state index in [0.29, 0.717) is 5.56 Å². The minimum absolute atomic E-state index is 0.0775. The van der Waals surface area contributed by atoms with Crippen molar-refractivity contribution >= 4 is 11.7 Å². The van der Waals surface area contributed by atoms with Crippen LogP contribution in [-0.2, 0) is 6.42 Å². The van der Waals surface area contributed by atoms with Crippen LogP contribution in [0.2, 0.25) is 0 Å². The van der Waals surface area contributed by atoms with Gasteiger partial charge in [-0.2, -0.15) is 0 Å². The zero-order valence-corrected chi connectivity index (χ0v) is 9.42. The van der Waals surface area contributed by atoms with Crippen LogP contribution in [0.25, 0.3) is 0 Å². The third kappa shape index (κ3) is 2.94. The average Bonchev–Trinajstić information content (AvgIpc) is 2.28. The molecule has 1 rings (SSSR count). The summed E-state index contributed by atoms with van der Waals surface area (Å²) >= 11 is 0. The van der Waals surface area contributed by atoms with Crippen LogP contribution in [0, 0.1) is 0 Å². The molecule has 82 valence electrons. The van der Waals surface area contributed by atoms with Crippen LogP contribution in [0.15, 0.2) is 12.1 Å². The monoisotopic (exact) mass is 207 g/mol. The van der Waals surface area contributed by atoms with Crippen LogP contribution in [-0.4, -0.2) is 24.5 Å². The summed E-state index contributed by atoms with van der Waals surface area (Å²) in [4.78, 5) is 15.8. The lowest BCUT2D eigenvalue weighted by Crippen LogP contribution is -2.18. The lowest BCUT2D eigenvalue weighted by molar-refractivity contribution is 0.0963. The fraction of sp³-hybridized carbons (Fsp3) is 0.455. The summed E-state index contributed by atoms with van der Waals surface area (Å²) in [6, 6.07) is 3.58. The van der Waals surface area contributed by atoms with E-state index in [4.69, 9.17) is 0 Å². The van der Waals surface area contributed by atoms with Gasteiger partial charge in [0.15, 0.2) is 0 Å². The second-order valence-electron chi connectivity index (χ2n) is 3.20. The van der Waals surface area contributed by atoms with Crippen molar-refractivity contribution in [3.05, 3.63) is 23.4 Å². The Balaban J connectivity index is 3.05. The molecule has 0 saturated heterocycles. The van der Waals surface area contributed by atoms with Gasteiger partial charge < -0.3 is 10.6 Å². The number of aromatic nitrogens is 1. The van der Waals surface area contributed by atoms with E-state index in [1.165, 1.54) is 0 Å². The summed E-state index contributed by atoms with van der Waals surface area (Å²) in [5.74, 6) is 0.682. The molecule has 0 atom stereocenters. The van der Waals surface area contributed by atoms with Crippen molar-refractivity contribution in [1.82, 2.24) is 10.3 Å². The predicted octanol–water partition coefficient (Wildman–Crippen LogP) is 1.44. The Bertz CT molecular complexity index is 350. The highest BCUT2D eigenvalue weighted by molar-refractivity contribution is 5.94. The smallest absolute Gasteiger partial charge is 0.251 e. The lowest BCUT2D eigenvalue weighted by atomic mass is 10.2. The number of aryl methyl sites for hydroxylation is 1. The van der Waals surface area contributed by atoms with Crippen LogP contribution in [0.1, 0.15) is 29.9 Å². The molecule has 1 aromatic rings. The highest BCUT2D eigenvalue weighted by atomic mass is 16.1. The number of anilines is 1. The van der Waals surface area contributed by atoms with Crippen molar-refractivity contribution in [3.63, 3.8) is 0 Å². The number of carbonyl (C=O) groups excluding carboxylic acids is 1. The third-order valence-electron chi connectivity index (χ3n) is 2.09. The fourth-order valence-electron chi connectivity index (χ4n) is 1.32. The van der Waals surface area contributed by atoms with Gasteiger partial charge in [0.2, 0.25) is 0 Å². The normalized spacial score (nSPS) is 9.80. The Morgan fingerprint density at radius 2 is 2.13 bits per heavy atom. The summed E-state index contributed by atoms with van der Waals surface area (Å²) in [6.45, 7) is 4.82. The topological polar surface area (TPSA) is 54.0 Å². The number of hydrogen-bond acceptors (Lipinski definition) is 3. The highest BCUT2D eigenvalue weighted by Gasteiger charge is 2.06. The van der Waals surface area contributed by atoms with Gasteiger partial charge in [0.05, 0.1) is 0 Å². The SMILES string of the molecule is CCNc1cc(C(=O)NC)cc(CC)n1. The first-order valence-electron chi connectivity index (χ1n) is 5.18. The molecule has 0 saturated carbocycles. The van der Waals surface area contributed by atoms with Gasteiger partial charge in [0.25, 0.3) is 5.91 Å². The molecule has 0 aliphatic carbocycles. The number of nitrogens with one attached hydrogen (secondary N) is 2. The van der Waals surface area contributed by atoms with E-state index in [-0.39, 0.29) is 5.91 Å². The van der Waals surface area contributed by atoms with Gasteiger partial charge in [-0.05, 0) is 25.5 Å². The standard InChI is InChI=1S/C11H17N3O/c1-4-9-6-8(11(15)12-3)7-10(14-9)13-5-2/h6-7H,4-5H2,1-3H3,(H,12,15)(H,13,14). The molecule has 0 aromatic carbocycles. The van der Waals surface area contributed by atoms with E-state index in [0.717, 1.165) is 24.5 Å². The molecule has 1 heterocycles. The number of rotatable bonds is 4. The average molecular weight is 207 g/mol. The molecule has 0 unspecified atom stereocenters. The van der Waals surface area contributed by atoms with Crippen LogP contribution >= 0.6 is 0 Å². The van der Waals surface area contributed by atoms with Gasteiger partial charge in [-0.25, -0.2) is 4.98 Å². The lowest BCUT2D eigenvalue weighted by Gasteiger charge is -2.07. The molecule has 0 bridgehead atoms. The van der Waals surface area contributed by atoms with Gasteiger partial charge >= 0.3 is 0 Å². The number of pyridine rings is 1. The maximum atomic E-state index is 11.5. The zero-order chi connectivity index (χ0) is 11.3. The van der Waals surface area contributed by atoms with Gasteiger partial charge in [-0.1, -0.05) is 6.92 Å². The van der Waals surface area contributed by atoms with Crippen molar-refractivity contribution in [1.29, 1.82) is 0 Å². The summed E-state index contributed by atoms with van der Waals surface area (Å²) in [7, 11) is 1.63. The molecule has 2 N–H and O–H groups in total. The molecule has 0 aliphatic rings. The van der Waals surface area contributed by atoms with E-state index < -0.39 is 0 Å². The first-order valence-corrected chi connectivity index (χ1v) is 5.18. The van der Waals surface area contributed by atoms with Gasteiger partial charge in [0, 0.05) is 24.8 Å². The minimum atomic E-state index is -0.0775. The first-order chi connectivity index (χ1) is 7.21. The molecular weight excluding hydrogens is 190 g/mol. The van der Waals surface area contributed by atoms with Gasteiger partial charge in [-0.3, -0.25) is 4.79 Å². The molecule has 0 spiro atoms. The summed E-state index contributed by atoms with van der Waals surface area (Å²) in [5.41, 5.74) is 1.58. The fourth-order valence-corrected chi connectivity index (χ4v) is 1.32. The molecule has 4 nitrogen and oxygen atoms in total.